The van der Waals surface area contributed by atoms with E-state index in [-0.39, 0.29) is 12.6 Å². The molecule has 2 aromatic rings. The van der Waals surface area contributed by atoms with Gasteiger partial charge in [0.05, 0.1) is 13.2 Å². The Morgan fingerprint density at radius 3 is 2.56 bits per heavy atom. The molecule has 0 aliphatic heterocycles. The van der Waals surface area contributed by atoms with Crippen LogP contribution in [-0.4, -0.2) is 17.8 Å². The summed E-state index contributed by atoms with van der Waals surface area (Å²) in [4.78, 5) is 0. The molecule has 1 aromatic carbocycles. The van der Waals surface area contributed by atoms with E-state index in [1.807, 2.05) is 19.1 Å². The van der Waals surface area contributed by atoms with Gasteiger partial charge in [0.15, 0.2) is 0 Å². The number of rotatable bonds is 5. The molecule has 0 fully saturated rings. The average Bonchev–Trinajstić information content (AvgIpc) is 2.85. The van der Waals surface area contributed by atoms with Crippen molar-refractivity contribution in [2.45, 2.75) is 26.4 Å². The molecule has 0 amide bonds. The number of aliphatic hydroxyl groups is 1. The van der Waals surface area contributed by atoms with Gasteiger partial charge in [-0.05, 0) is 26.0 Å². The minimum absolute atomic E-state index is 0.0814. The number of nitrogens with one attached hydrogen (secondary N) is 1. The molecule has 0 unspecified atom stereocenters. The first-order chi connectivity index (χ1) is 8.69. The van der Waals surface area contributed by atoms with Crippen molar-refractivity contribution in [2.75, 3.05) is 6.61 Å². The quantitative estimate of drug-likeness (QED) is 0.851. The largest absolute Gasteiger partial charge is 0.460 e. The zero-order valence-electron chi connectivity index (χ0n) is 10.8. The van der Waals surface area contributed by atoms with Gasteiger partial charge < -0.3 is 14.8 Å². The predicted octanol–water partition coefficient (Wildman–Crippen LogP) is 2.73. The SMILES string of the molecule is Cc1ccc(-c2ccc(CN[C@H](C)CO)o2)cc1. The fourth-order valence-electron chi connectivity index (χ4n) is 1.69. The van der Waals surface area contributed by atoms with Crippen LogP contribution in [0.3, 0.4) is 0 Å². The summed E-state index contributed by atoms with van der Waals surface area (Å²) in [6, 6.07) is 12.3. The third kappa shape index (κ3) is 3.22. The second-order valence-electron chi connectivity index (χ2n) is 4.60. The van der Waals surface area contributed by atoms with Crippen molar-refractivity contribution in [1.29, 1.82) is 0 Å². The number of hydrogen-bond acceptors (Lipinski definition) is 3. The van der Waals surface area contributed by atoms with Crippen molar-refractivity contribution in [2.24, 2.45) is 0 Å². The summed E-state index contributed by atoms with van der Waals surface area (Å²) in [5.74, 6) is 1.76. The maximum Gasteiger partial charge on any atom is 0.134 e. The van der Waals surface area contributed by atoms with Crippen molar-refractivity contribution >= 4 is 0 Å². The zero-order chi connectivity index (χ0) is 13.0. The van der Waals surface area contributed by atoms with E-state index in [2.05, 4.69) is 36.5 Å². The van der Waals surface area contributed by atoms with Crippen LogP contribution in [0, 0.1) is 6.92 Å². The third-order valence-electron chi connectivity index (χ3n) is 2.90. The van der Waals surface area contributed by atoms with Gasteiger partial charge in [-0.2, -0.15) is 0 Å². The van der Waals surface area contributed by atoms with Crippen LogP contribution in [0.25, 0.3) is 11.3 Å². The highest BCUT2D eigenvalue weighted by Crippen LogP contribution is 2.22. The standard InChI is InChI=1S/C15H19NO2/c1-11-3-5-13(6-4-11)15-8-7-14(18-15)9-16-12(2)10-17/h3-8,12,16-17H,9-10H2,1-2H3/t12-/m1/s1. The summed E-state index contributed by atoms with van der Waals surface area (Å²) < 4.78 is 5.76. The minimum atomic E-state index is 0.0814. The van der Waals surface area contributed by atoms with E-state index >= 15 is 0 Å². The fourth-order valence-corrected chi connectivity index (χ4v) is 1.69. The Bertz CT molecular complexity index is 487. The first-order valence-electron chi connectivity index (χ1n) is 6.19. The van der Waals surface area contributed by atoms with Gasteiger partial charge in [0.1, 0.15) is 11.5 Å². The predicted molar refractivity (Wildman–Crippen MR) is 72.3 cm³/mol. The highest BCUT2D eigenvalue weighted by molar-refractivity contribution is 5.57. The van der Waals surface area contributed by atoms with Gasteiger partial charge in [-0.1, -0.05) is 29.8 Å². The maximum absolute atomic E-state index is 8.93. The molecule has 2 rings (SSSR count). The fraction of sp³-hybridized carbons (Fsp3) is 0.333. The molecule has 3 heteroatoms. The Hall–Kier alpha value is -1.58. The Morgan fingerprint density at radius 2 is 1.89 bits per heavy atom. The lowest BCUT2D eigenvalue weighted by Gasteiger charge is -2.08. The zero-order valence-corrected chi connectivity index (χ0v) is 10.8. The van der Waals surface area contributed by atoms with Crippen molar-refractivity contribution in [3.63, 3.8) is 0 Å². The molecule has 0 aliphatic carbocycles. The Labute approximate surface area is 107 Å². The van der Waals surface area contributed by atoms with Gasteiger partial charge in [0.2, 0.25) is 0 Å². The van der Waals surface area contributed by atoms with Crippen LogP contribution in [0.1, 0.15) is 18.2 Å². The summed E-state index contributed by atoms with van der Waals surface area (Å²) in [7, 11) is 0. The van der Waals surface area contributed by atoms with Gasteiger partial charge in [0, 0.05) is 11.6 Å². The van der Waals surface area contributed by atoms with Crippen LogP contribution in [-0.2, 0) is 6.54 Å². The second-order valence-corrected chi connectivity index (χ2v) is 4.60. The van der Waals surface area contributed by atoms with Crippen LogP contribution >= 0.6 is 0 Å². The highest BCUT2D eigenvalue weighted by Gasteiger charge is 2.05. The lowest BCUT2D eigenvalue weighted by Crippen LogP contribution is -2.28. The monoisotopic (exact) mass is 245 g/mol. The topological polar surface area (TPSA) is 45.4 Å². The normalized spacial score (nSPS) is 12.6. The van der Waals surface area contributed by atoms with E-state index in [1.165, 1.54) is 5.56 Å². The smallest absolute Gasteiger partial charge is 0.134 e. The van der Waals surface area contributed by atoms with E-state index in [0.29, 0.717) is 6.54 Å². The van der Waals surface area contributed by atoms with E-state index in [0.717, 1.165) is 17.1 Å². The lowest BCUT2D eigenvalue weighted by atomic mass is 10.1. The maximum atomic E-state index is 8.93. The van der Waals surface area contributed by atoms with Crippen molar-refractivity contribution in [3.05, 3.63) is 47.7 Å². The molecule has 0 aliphatic rings. The molecule has 1 heterocycles. The Balaban J connectivity index is 2.03. The molecule has 0 radical (unpaired) electrons. The molecule has 0 spiro atoms. The van der Waals surface area contributed by atoms with E-state index < -0.39 is 0 Å². The van der Waals surface area contributed by atoms with Crippen molar-refractivity contribution in [1.82, 2.24) is 5.32 Å². The van der Waals surface area contributed by atoms with Gasteiger partial charge >= 0.3 is 0 Å². The number of benzene rings is 1. The van der Waals surface area contributed by atoms with Crippen LogP contribution in [0.2, 0.25) is 0 Å². The molecular weight excluding hydrogens is 226 g/mol. The minimum Gasteiger partial charge on any atom is -0.460 e. The molecule has 0 saturated carbocycles. The molecule has 96 valence electrons. The van der Waals surface area contributed by atoms with E-state index in [4.69, 9.17) is 9.52 Å². The van der Waals surface area contributed by atoms with Crippen LogP contribution in [0.15, 0.2) is 40.8 Å². The first-order valence-corrected chi connectivity index (χ1v) is 6.19. The van der Waals surface area contributed by atoms with E-state index in [1.54, 1.807) is 0 Å². The molecule has 3 nitrogen and oxygen atoms in total. The van der Waals surface area contributed by atoms with Crippen molar-refractivity contribution in [3.8, 4) is 11.3 Å². The van der Waals surface area contributed by atoms with Crippen LogP contribution < -0.4 is 5.32 Å². The van der Waals surface area contributed by atoms with Gasteiger partial charge in [0.25, 0.3) is 0 Å². The van der Waals surface area contributed by atoms with E-state index in [9.17, 15) is 0 Å². The number of aryl methyl sites for hydroxylation is 1. The summed E-state index contributed by atoms with van der Waals surface area (Å²) in [6.45, 7) is 4.76. The summed E-state index contributed by atoms with van der Waals surface area (Å²) >= 11 is 0. The third-order valence-corrected chi connectivity index (χ3v) is 2.90. The number of furan rings is 1. The summed E-state index contributed by atoms with van der Waals surface area (Å²) in [5, 5.41) is 12.1. The number of hydrogen-bond donors (Lipinski definition) is 2. The first kappa shape index (κ1) is 12.9. The van der Waals surface area contributed by atoms with Gasteiger partial charge in [-0.15, -0.1) is 0 Å². The molecular formula is C15H19NO2. The molecule has 1 aromatic heterocycles. The number of aliphatic hydroxyl groups excluding tert-OH is 1. The second kappa shape index (κ2) is 5.85. The van der Waals surface area contributed by atoms with Crippen molar-refractivity contribution < 1.29 is 9.52 Å². The average molecular weight is 245 g/mol. The lowest BCUT2D eigenvalue weighted by molar-refractivity contribution is 0.248. The molecule has 0 bridgehead atoms. The molecule has 0 saturated heterocycles. The van der Waals surface area contributed by atoms with Gasteiger partial charge in [-0.3, -0.25) is 0 Å². The molecule has 18 heavy (non-hydrogen) atoms. The highest BCUT2D eigenvalue weighted by atomic mass is 16.3. The molecule has 1 atom stereocenters. The Morgan fingerprint density at radius 1 is 1.17 bits per heavy atom. The van der Waals surface area contributed by atoms with Crippen LogP contribution in [0.4, 0.5) is 0 Å². The Kier molecular flexibility index (Phi) is 4.18. The van der Waals surface area contributed by atoms with Crippen LogP contribution in [0.5, 0.6) is 0 Å². The van der Waals surface area contributed by atoms with Gasteiger partial charge in [-0.25, -0.2) is 0 Å². The summed E-state index contributed by atoms with van der Waals surface area (Å²) in [5.41, 5.74) is 2.33. The summed E-state index contributed by atoms with van der Waals surface area (Å²) in [6.07, 6.45) is 0. The molecule has 2 N–H and O–H groups in total.